The molecule has 2 nitrogen and oxygen atoms in total. The van der Waals surface area contributed by atoms with Crippen LogP contribution in [-0.4, -0.2) is 12.4 Å². The van der Waals surface area contributed by atoms with Crippen LogP contribution in [0, 0.1) is 12.1 Å². The topological polar surface area (TPSA) is 24.7 Å². The van der Waals surface area contributed by atoms with E-state index >= 15 is 0 Å². The molecule has 0 saturated heterocycles. The first kappa shape index (κ1) is 26.3. The summed E-state index contributed by atoms with van der Waals surface area (Å²) in [5.74, 6) is 0.763. The van der Waals surface area contributed by atoms with E-state index in [9.17, 15) is 0 Å². The lowest BCUT2D eigenvalue weighted by molar-refractivity contribution is 0.382. The maximum atomic E-state index is 4.67. The third-order valence-corrected chi connectivity index (χ3v) is 7.19. The molecule has 1 aliphatic heterocycles. The van der Waals surface area contributed by atoms with E-state index in [0.29, 0.717) is 11.8 Å². The van der Waals surface area contributed by atoms with Gasteiger partial charge in [-0.05, 0) is 24.0 Å². The standard InChI is InChI=1S/C32H45N2/c1-2-3-4-5-6-7-8-9-10-11-12-19-24-30(32-33-25-26-34-32)31(29-22-17-14-18-23-29)27-28-20-15-13-16-21-28/h13-18,20-23,25-26,30-31H,2-12,19,24,27H2,1H3/q+1. The zero-order valence-electron chi connectivity index (χ0n) is 21.4. The Hall–Kier alpha value is -2.35. The third-order valence-electron chi connectivity index (χ3n) is 7.19. The van der Waals surface area contributed by atoms with Crippen molar-refractivity contribution in [3.05, 3.63) is 78.0 Å². The van der Waals surface area contributed by atoms with Crippen LogP contribution < -0.4 is 0 Å². The zero-order chi connectivity index (χ0) is 23.7. The van der Waals surface area contributed by atoms with Gasteiger partial charge in [-0.2, -0.15) is 0 Å². The predicted octanol–water partition coefficient (Wildman–Crippen LogP) is 9.36. The van der Waals surface area contributed by atoms with E-state index in [-0.39, 0.29) is 0 Å². The number of rotatable bonds is 18. The second-order valence-electron chi connectivity index (χ2n) is 9.91. The summed E-state index contributed by atoms with van der Waals surface area (Å²) in [4.78, 5) is 9.34. The molecular formula is C32H45N2+. The van der Waals surface area contributed by atoms with Crippen LogP contribution >= 0.6 is 0 Å². The Kier molecular flexibility index (Phi) is 12.6. The Morgan fingerprint density at radius 2 is 1.12 bits per heavy atom. The monoisotopic (exact) mass is 457 g/mol. The maximum absolute atomic E-state index is 4.67. The predicted molar refractivity (Wildman–Crippen MR) is 149 cm³/mol. The summed E-state index contributed by atoms with van der Waals surface area (Å²) < 4.78 is 0. The highest BCUT2D eigenvalue weighted by Crippen LogP contribution is 2.40. The first-order chi connectivity index (χ1) is 16.9. The summed E-state index contributed by atoms with van der Waals surface area (Å²) in [5, 5.41) is 0. The van der Waals surface area contributed by atoms with Crippen molar-refractivity contribution in [3.8, 4) is 0 Å². The van der Waals surface area contributed by atoms with Crippen LogP contribution in [-0.2, 0) is 6.42 Å². The minimum atomic E-state index is 0.362. The number of unbranched alkanes of at least 4 members (excludes halogenated alkanes) is 11. The number of benzene rings is 2. The molecule has 0 bridgehead atoms. The fourth-order valence-corrected chi connectivity index (χ4v) is 5.22. The van der Waals surface area contributed by atoms with Gasteiger partial charge in [-0.1, -0.05) is 155 Å². The van der Waals surface area contributed by atoms with Crippen LogP contribution in [0.4, 0.5) is 0 Å². The Labute approximate surface area is 209 Å². The van der Waals surface area contributed by atoms with Gasteiger partial charge < -0.3 is 0 Å². The van der Waals surface area contributed by atoms with Crippen molar-refractivity contribution in [2.45, 2.75) is 103 Å². The van der Waals surface area contributed by atoms with Gasteiger partial charge in [0.2, 0.25) is 6.17 Å². The van der Waals surface area contributed by atoms with Crippen LogP contribution in [0.1, 0.15) is 107 Å². The summed E-state index contributed by atoms with van der Waals surface area (Å²) >= 11 is 0. The van der Waals surface area contributed by atoms with Gasteiger partial charge in [0.25, 0.3) is 0 Å². The number of nitrogens with zero attached hydrogens (tertiary/aromatic N) is 2. The third kappa shape index (κ3) is 9.49. The van der Waals surface area contributed by atoms with Gasteiger partial charge in [0.1, 0.15) is 0 Å². The van der Waals surface area contributed by atoms with Gasteiger partial charge in [0.05, 0.1) is 5.92 Å². The Morgan fingerprint density at radius 3 is 1.68 bits per heavy atom. The van der Waals surface area contributed by atoms with Crippen molar-refractivity contribution in [3.63, 3.8) is 0 Å². The van der Waals surface area contributed by atoms with Crippen LogP contribution in [0.25, 0.3) is 0 Å². The molecule has 0 aromatic heterocycles. The molecular weight excluding hydrogens is 412 g/mol. The van der Waals surface area contributed by atoms with E-state index in [4.69, 9.17) is 0 Å². The summed E-state index contributed by atoms with van der Waals surface area (Å²) in [7, 11) is 0. The number of hydrogen-bond acceptors (Lipinski definition) is 2. The van der Waals surface area contributed by atoms with Crippen molar-refractivity contribution in [2.24, 2.45) is 15.9 Å². The molecule has 0 radical (unpaired) electrons. The molecule has 0 saturated carbocycles. The second-order valence-corrected chi connectivity index (χ2v) is 9.91. The molecule has 0 amide bonds. The van der Waals surface area contributed by atoms with Crippen LogP contribution in [0.15, 0.2) is 70.6 Å². The lowest BCUT2D eigenvalue weighted by atomic mass is 9.77. The van der Waals surface area contributed by atoms with E-state index in [0.717, 1.165) is 19.0 Å². The van der Waals surface area contributed by atoms with Gasteiger partial charge in [0.15, 0.2) is 12.4 Å². The molecule has 2 heteroatoms. The average Bonchev–Trinajstić information content (AvgIpc) is 3.42. The van der Waals surface area contributed by atoms with E-state index in [1.54, 1.807) is 0 Å². The largest absolute Gasteiger partial charge is 0.244 e. The fraction of sp³-hybridized carbons (Fsp3) is 0.531. The van der Waals surface area contributed by atoms with E-state index in [2.05, 4.69) is 77.6 Å². The average molecular weight is 458 g/mol. The Balaban J connectivity index is 1.48. The molecule has 3 rings (SSSR count). The Morgan fingerprint density at radius 1 is 0.618 bits per heavy atom. The summed E-state index contributed by atoms with van der Waals surface area (Å²) in [6.07, 6.45) is 23.6. The van der Waals surface area contributed by atoms with E-state index in [1.165, 1.54) is 88.2 Å². The van der Waals surface area contributed by atoms with Crippen LogP contribution in [0.3, 0.4) is 0 Å². The highest BCUT2D eigenvalue weighted by Gasteiger charge is 2.36. The second kappa shape index (κ2) is 16.3. The fourth-order valence-electron chi connectivity index (χ4n) is 5.22. The van der Waals surface area contributed by atoms with Crippen molar-refractivity contribution < 1.29 is 0 Å². The first-order valence-electron chi connectivity index (χ1n) is 13.9. The molecule has 1 heterocycles. The Bertz CT molecular complexity index is 799. The summed E-state index contributed by atoms with van der Waals surface area (Å²) in [6.45, 7) is 2.29. The lowest BCUT2D eigenvalue weighted by Gasteiger charge is -2.26. The van der Waals surface area contributed by atoms with Gasteiger partial charge in [-0.3, -0.25) is 0 Å². The summed E-state index contributed by atoms with van der Waals surface area (Å²) in [5.41, 5.74) is 2.79. The van der Waals surface area contributed by atoms with Crippen molar-refractivity contribution in [2.75, 3.05) is 0 Å². The molecule has 2 unspecified atom stereocenters. The van der Waals surface area contributed by atoms with Crippen LogP contribution in [0.2, 0.25) is 0 Å². The highest BCUT2D eigenvalue weighted by molar-refractivity contribution is 6.18. The van der Waals surface area contributed by atoms with Crippen LogP contribution in [0.5, 0.6) is 0 Å². The number of aliphatic imine (C=N–C) groups is 2. The van der Waals surface area contributed by atoms with Gasteiger partial charge in [0, 0.05) is 5.92 Å². The highest BCUT2D eigenvalue weighted by atomic mass is 15.0. The normalized spacial score (nSPS) is 14.6. The van der Waals surface area contributed by atoms with Crippen molar-refractivity contribution in [1.29, 1.82) is 0 Å². The molecule has 0 fully saturated rings. The quantitative estimate of drug-likeness (QED) is 0.157. The molecule has 34 heavy (non-hydrogen) atoms. The summed E-state index contributed by atoms with van der Waals surface area (Å²) in [6, 6.07) is 21.9. The smallest absolute Gasteiger partial charge is 0.0965 e. The van der Waals surface area contributed by atoms with E-state index in [1.807, 2.05) is 12.4 Å². The first-order valence-corrected chi connectivity index (χ1v) is 13.9. The minimum Gasteiger partial charge on any atom is -0.0965 e. The lowest BCUT2D eigenvalue weighted by Crippen LogP contribution is -2.20. The van der Waals surface area contributed by atoms with Gasteiger partial charge in [-0.15, -0.1) is 0 Å². The minimum absolute atomic E-state index is 0.362. The molecule has 0 N–H and O–H groups in total. The van der Waals surface area contributed by atoms with E-state index < -0.39 is 0 Å². The molecule has 0 spiro atoms. The molecule has 2 aromatic rings. The van der Waals surface area contributed by atoms with Gasteiger partial charge in [-0.25, -0.2) is 0 Å². The molecule has 0 aliphatic carbocycles. The van der Waals surface area contributed by atoms with Crippen molar-refractivity contribution >= 4 is 12.4 Å². The SMILES string of the molecule is CCCCCCCCCCCCCCC([C+]1N=CC=N1)C(Cc1ccccc1)c1ccccc1. The van der Waals surface area contributed by atoms with Gasteiger partial charge >= 0.3 is 0 Å². The molecule has 2 aromatic carbocycles. The maximum Gasteiger partial charge on any atom is 0.244 e. The zero-order valence-corrected chi connectivity index (χ0v) is 21.4. The number of hydrogen-bond donors (Lipinski definition) is 0. The molecule has 2 atom stereocenters. The van der Waals surface area contributed by atoms with Crippen molar-refractivity contribution in [1.82, 2.24) is 0 Å². The molecule has 182 valence electrons. The molecule has 1 aliphatic rings.